The molecule has 26 nitrogen and oxygen atoms in total. The third-order valence-corrected chi connectivity index (χ3v) is 36.0. The molecule has 3 heterocycles. The van der Waals surface area contributed by atoms with E-state index in [1.54, 1.807) is 44.8 Å². The van der Waals surface area contributed by atoms with Crippen LogP contribution in [0.25, 0.3) is 11.1 Å². The Labute approximate surface area is 652 Å². The van der Waals surface area contributed by atoms with E-state index in [-0.39, 0.29) is 80.6 Å². The summed E-state index contributed by atoms with van der Waals surface area (Å²) in [5.74, 6) is 0.562. The van der Waals surface area contributed by atoms with Crippen LogP contribution >= 0.6 is 0 Å². The number of halogens is 3. The van der Waals surface area contributed by atoms with Gasteiger partial charge in [0.2, 0.25) is 0 Å². The number of nitrogens with zero attached hydrogens (tertiary/aromatic N) is 6. The van der Waals surface area contributed by atoms with E-state index in [4.69, 9.17) is 37.0 Å². The van der Waals surface area contributed by atoms with Gasteiger partial charge >= 0.3 is 15.6 Å². The Kier molecular flexibility index (Phi) is 29.7. The largest absolute Gasteiger partial charge is 0.534 e. The van der Waals surface area contributed by atoms with Gasteiger partial charge in [0.05, 0.1) is 88.3 Å². The zero-order valence-corrected chi connectivity index (χ0v) is 71.6. The molecule has 608 valence electrons. The third-order valence-electron chi connectivity index (χ3n) is 21.5. The van der Waals surface area contributed by atoms with Gasteiger partial charge in [0.25, 0.3) is 34.8 Å². The maximum absolute atomic E-state index is 13.8. The molecule has 0 aromatic heterocycles. The number of carbonyl (C=O) groups excluding carboxylic acids is 3. The third kappa shape index (κ3) is 22.2. The summed E-state index contributed by atoms with van der Waals surface area (Å²) in [5, 5.41) is 35.1. The molecule has 5 aromatic rings. The molecule has 111 heavy (non-hydrogen) atoms. The van der Waals surface area contributed by atoms with Gasteiger partial charge in [0.1, 0.15) is 51.2 Å². The molecule has 0 aliphatic carbocycles. The van der Waals surface area contributed by atoms with Gasteiger partial charge < -0.3 is 55.8 Å². The Morgan fingerprint density at radius 3 is 1.15 bits per heavy atom. The van der Waals surface area contributed by atoms with E-state index in [0.29, 0.717) is 67.3 Å². The summed E-state index contributed by atoms with van der Waals surface area (Å²) in [7, 11) is -4.96. The second-order valence-electron chi connectivity index (χ2n) is 31.9. The minimum atomic E-state index is -5.92. The summed E-state index contributed by atoms with van der Waals surface area (Å²) in [5.41, 5.74) is -0.870. The summed E-state index contributed by atoms with van der Waals surface area (Å²) < 4.78 is 112. The molecule has 0 spiro atoms. The minimum Gasteiger partial charge on any atom is -0.497 e. The molecule has 5 aromatic carbocycles. The molecule has 0 fully saturated rings. The van der Waals surface area contributed by atoms with Crippen LogP contribution in [0.15, 0.2) is 109 Å². The molecule has 0 unspecified atom stereocenters. The highest BCUT2D eigenvalue weighted by Gasteiger charge is 2.50. The van der Waals surface area contributed by atoms with Crippen molar-refractivity contribution in [2.24, 2.45) is 0 Å². The van der Waals surface area contributed by atoms with Crippen LogP contribution in [0.2, 0.25) is 54.4 Å². The number of carbonyl (C=O) groups is 3. The van der Waals surface area contributed by atoms with Gasteiger partial charge in [-0.15, -0.1) is 0 Å². The average Bonchev–Trinajstić information content (AvgIpc) is 0.788. The number of nitro groups is 3. The van der Waals surface area contributed by atoms with Crippen LogP contribution in [0, 0.1) is 51.1 Å². The van der Waals surface area contributed by atoms with Crippen molar-refractivity contribution < 1.29 is 91.9 Å². The number of alkyl halides is 3. The second kappa shape index (κ2) is 36.2. The van der Waals surface area contributed by atoms with Crippen molar-refractivity contribution >= 4 is 81.0 Å². The first-order valence-corrected chi connectivity index (χ1v) is 46.2. The molecule has 3 amide bonds. The molecule has 0 radical (unpaired) electrons. The summed E-state index contributed by atoms with van der Waals surface area (Å²) in [6.45, 7) is 37.4. The lowest BCUT2D eigenvalue weighted by atomic mass is 9.93. The molecule has 3 aliphatic heterocycles. The van der Waals surface area contributed by atoms with E-state index in [1.807, 2.05) is 88.5 Å². The highest BCUT2D eigenvalue weighted by atomic mass is 32.2. The highest BCUT2D eigenvalue weighted by molar-refractivity contribution is 7.87. The first-order valence-electron chi connectivity index (χ1n) is 36.0. The Morgan fingerprint density at radius 1 is 0.486 bits per heavy atom. The number of hydrogen-bond donors (Lipinski definition) is 0. The van der Waals surface area contributed by atoms with Crippen LogP contribution in [-0.4, -0.2) is 179 Å². The van der Waals surface area contributed by atoms with Crippen molar-refractivity contribution in [3.8, 4) is 28.7 Å². The van der Waals surface area contributed by atoms with Crippen molar-refractivity contribution in [3.05, 3.63) is 184 Å². The molecule has 0 saturated carbocycles. The number of benzene rings is 5. The van der Waals surface area contributed by atoms with Crippen LogP contribution in [0.1, 0.15) is 140 Å². The zero-order valence-electron chi connectivity index (χ0n) is 67.8. The van der Waals surface area contributed by atoms with Crippen molar-refractivity contribution in [1.82, 2.24) is 14.7 Å². The summed E-state index contributed by atoms with van der Waals surface area (Å²) >= 11 is 0. The molecular formula is C78H107F3N6O20SSi3. The van der Waals surface area contributed by atoms with Gasteiger partial charge in [0, 0.05) is 62.5 Å². The zero-order chi connectivity index (χ0) is 83.6. The predicted molar refractivity (Wildman–Crippen MR) is 427 cm³/mol. The quantitative estimate of drug-likeness (QED) is 0.0182. The fourth-order valence-corrected chi connectivity index (χ4v) is 15.2. The molecule has 0 saturated heterocycles. The number of rotatable bonds is 24. The molecule has 0 N–H and O–H groups in total. The van der Waals surface area contributed by atoms with Crippen LogP contribution in [0.4, 0.5) is 30.2 Å². The monoisotopic (exact) mass is 1620 g/mol. The van der Waals surface area contributed by atoms with Crippen molar-refractivity contribution in [3.63, 3.8) is 0 Å². The topological polar surface area (TPSA) is 308 Å². The molecule has 8 rings (SSSR count). The van der Waals surface area contributed by atoms with Crippen molar-refractivity contribution in [1.29, 1.82) is 0 Å². The predicted octanol–water partition coefficient (Wildman–Crippen LogP) is 17.4. The Balaban J connectivity index is 0.000000260. The Bertz CT molecular complexity index is 4370. The van der Waals surface area contributed by atoms with Gasteiger partial charge in [-0.2, -0.15) is 21.6 Å². The fourth-order valence-electron chi connectivity index (χ4n) is 11.6. The molecule has 0 bridgehead atoms. The van der Waals surface area contributed by atoms with Gasteiger partial charge in [-0.25, -0.2) is 0 Å². The molecule has 3 aliphatic rings. The van der Waals surface area contributed by atoms with E-state index >= 15 is 0 Å². The van der Waals surface area contributed by atoms with Crippen molar-refractivity contribution in [2.45, 2.75) is 180 Å². The molecule has 33 heteroatoms. The Hall–Kier alpha value is -9.00. The van der Waals surface area contributed by atoms with E-state index < -0.39 is 90.6 Å². The SMILES string of the molecule is COc1cc(C(=O)N2CCC(OS(=O)(=O)C(F)(F)F)=C[C@H]2CO[Si](C)(C)C(C)(C)C)c([N+](=O)[O-])cc1C.COc1ccc(C2=CCN(C(=O)c3cc(OC)c(C)cc3[N+](=O)[O-])[C@H](CO[Si](C)(C)C(C)(C)C)C2)cc1.COc1ccc(C2=C[C@@H](CO[Si](C)(C)C(C)(C)C)N(C(=O)c3cc(OC)c(C)cc3[N+](=O)[O-])CC2)cc1. The number of ether oxygens (including phenoxy) is 5. The Morgan fingerprint density at radius 2 is 0.820 bits per heavy atom. The average molecular weight is 1620 g/mol. The first kappa shape index (κ1) is 90.9. The standard InChI is InChI=1S/2C28H38N2O6Si.C22H31F3N2O8SSi/c2*1-19-15-25(30(32)33)24(17-26(19)35-6)27(31)29-14-13-21(20-9-11-23(34-5)12-10-20)16-22(29)18-36-37(7,8)28(2,3)4;1-14-10-18(27(29)30)17(12-19(14)33-5)20(28)26-9-8-16(35-36(31,32)22(23,24)25)11-15(26)13-34-37(6,7)21(2,3)4/h9-12,15-17,22H,13-14,18H2,1-8H3;9-13,15,17,22H,14,16,18H2,1-8H3;10-12,15H,8-9,13H2,1-7H3/t2*22-;15-/m000/s1. The second-order valence-corrected chi connectivity index (χ2v) is 47.9. The van der Waals surface area contributed by atoms with E-state index in [2.05, 4.69) is 78.0 Å². The maximum atomic E-state index is 13.8. The summed E-state index contributed by atoms with van der Waals surface area (Å²) in [6, 6.07) is 22.1. The molecular weight excluding hydrogens is 1510 g/mol. The number of nitro benzene ring substituents is 3. The normalized spacial score (nSPS) is 16.6. The summed E-state index contributed by atoms with van der Waals surface area (Å²) in [6.07, 6.45) is 5.98. The van der Waals surface area contributed by atoms with Crippen molar-refractivity contribution in [2.75, 3.05) is 75.0 Å². The van der Waals surface area contributed by atoms with Gasteiger partial charge in [0.15, 0.2) is 25.0 Å². The lowest BCUT2D eigenvalue weighted by Gasteiger charge is -2.41. The number of methoxy groups -OCH3 is 5. The highest BCUT2D eigenvalue weighted by Crippen LogP contribution is 2.43. The first-order chi connectivity index (χ1) is 51.3. The van der Waals surface area contributed by atoms with Crippen LogP contribution in [0.5, 0.6) is 28.7 Å². The van der Waals surface area contributed by atoms with E-state index in [9.17, 15) is 66.3 Å². The number of hydrogen-bond acceptors (Lipinski definition) is 20. The maximum Gasteiger partial charge on any atom is 0.534 e. The van der Waals surface area contributed by atoms with E-state index in [0.717, 1.165) is 39.8 Å². The van der Waals surface area contributed by atoms with E-state index in [1.165, 1.54) is 62.6 Å². The van der Waals surface area contributed by atoms with Gasteiger partial charge in [-0.05, 0) is 157 Å². The fraction of sp³-hybridized carbons (Fsp3) is 0.500. The number of aryl methyl sites for hydroxylation is 3. The lowest BCUT2D eigenvalue weighted by molar-refractivity contribution is -0.385. The smallest absolute Gasteiger partial charge is 0.497 e. The van der Waals surface area contributed by atoms with Crippen LogP contribution < -0.4 is 23.7 Å². The number of amides is 3. The molecule has 3 atom stereocenters. The van der Waals surface area contributed by atoms with Gasteiger partial charge in [-0.1, -0.05) is 98.7 Å². The minimum absolute atomic E-state index is 0.00213. The summed E-state index contributed by atoms with van der Waals surface area (Å²) in [4.78, 5) is 79.4. The van der Waals surface area contributed by atoms with Crippen LogP contribution in [0.3, 0.4) is 0 Å². The van der Waals surface area contributed by atoms with Crippen LogP contribution in [-0.2, 0) is 27.6 Å². The van der Waals surface area contributed by atoms with Gasteiger partial charge in [-0.3, -0.25) is 44.7 Å². The lowest BCUT2D eigenvalue weighted by Crippen LogP contribution is -2.49.